The molecule has 0 saturated heterocycles. The molecule has 4 aromatic rings. The number of rotatable bonds is 7. The number of carbonyl (C=O) groups excluding carboxylic acids is 1. The van der Waals surface area contributed by atoms with E-state index in [1.54, 1.807) is 24.3 Å². The van der Waals surface area contributed by atoms with Gasteiger partial charge in [-0.25, -0.2) is 5.43 Å². The third-order valence-electron chi connectivity index (χ3n) is 4.58. The zero-order chi connectivity index (χ0) is 22.3. The lowest BCUT2D eigenvalue weighted by Gasteiger charge is -2.06. The molecular formula is C24H18Cl2N4O2. The molecule has 0 bridgehead atoms. The molecule has 0 saturated carbocycles. The predicted octanol–water partition coefficient (Wildman–Crippen LogP) is 5.73. The van der Waals surface area contributed by atoms with Crippen molar-refractivity contribution in [2.45, 2.75) is 6.61 Å². The molecule has 1 amide bonds. The van der Waals surface area contributed by atoms with E-state index in [2.05, 4.69) is 20.7 Å². The van der Waals surface area contributed by atoms with Crippen LogP contribution in [-0.4, -0.2) is 22.3 Å². The predicted molar refractivity (Wildman–Crippen MR) is 126 cm³/mol. The normalized spacial score (nSPS) is 10.9. The minimum Gasteiger partial charge on any atom is -0.489 e. The van der Waals surface area contributed by atoms with Crippen LogP contribution in [0.4, 0.5) is 0 Å². The molecule has 0 aliphatic carbocycles. The van der Waals surface area contributed by atoms with Gasteiger partial charge in [0, 0.05) is 11.1 Å². The highest BCUT2D eigenvalue weighted by Gasteiger charge is 2.11. The zero-order valence-corrected chi connectivity index (χ0v) is 18.3. The van der Waals surface area contributed by atoms with E-state index in [1.807, 2.05) is 54.6 Å². The first-order valence-electron chi connectivity index (χ1n) is 9.70. The first-order valence-corrected chi connectivity index (χ1v) is 10.5. The van der Waals surface area contributed by atoms with Gasteiger partial charge >= 0.3 is 0 Å². The molecule has 0 aliphatic rings. The Hall–Kier alpha value is -3.61. The van der Waals surface area contributed by atoms with E-state index in [0.717, 1.165) is 16.9 Å². The van der Waals surface area contributed by atoms with Crippen molar-refractivity contribution in [1.29, 1.82) is 0 Å². The molecule has 2 N–H and O–H groups in total. The largest absolute Gasteiger partial charge is 0.489 e. The number of nitrogens with zero attached hydrogens (tertiary/aromatic N) is 2. The summed E-state index contributed by atoms with van der Waals surface area (Å²) in [4.78, 5) is 12.3. The first kappa shape index (κ1) is 21.6. The van der Waals surface area contributed by atoms with Crippen LogP contribution in [0.25, 0.3) is 11.3 Å². The summed E-state index contributed by atoms with van der Waals surface area (Å²) in [6.07, 6.45) is 1.40. The Morgan fingerprint density at radius 3 is 2.44 bits per heavy atom. The quantitative estimate of drug-likeness (QED) is 0.270. The van der Waals surface area contributed by atoms with E-state index in [1.165, 1.54) is 6.21 Å². The number of nitrogens with one attached hydrogen (secondary N) is 2. The number of carbonyl (C=O) groups is 1. The van der Waals surface area contributed by atoms with Crippen molar-refractivity contribution in [3.8, 4) is 17.0 Å². The molecule has 0 atom stereocenters. The van der Waals surface area contributed by atoms with Gasteiger partial charge < -0.3 is 4.74 Å². The van der Waals surface area contributed by atoms with Crippen LogP contribution in [0.2, 0.25) is 10.0 Å². The van der Waals surface area contributed by atoms with Gasteiger partial charge in [0.15, 0.2) is 0 Å². The van der Waals surface area contributed by atoms with Crippen molar-refractivity contribution in [3.63, 3.8) is 0 Å². The second kappa shape index (κ2) is 10.1. The van der Waals surface area contributed by atoms with Crippen LogP contribution in [0.3, 0.4) is 0 Å². The smallest absolute Gasteiger partial charge is 0.289 e. The van der Waals surface area contributed by atoms with Crippen molar-refractivity contribution < 1.29 is 9.53 Å². The van der Waals surface area contributed by atoms with Crippen LogP contribution in [0.5, 0.6) is 5.75 Å². The van der Waals surface area contributed by atoms with Crippen molar-refractivity contribution in [2.75, 3.05) is 0 Å². The molecule has 8 heteroatoms. The lowest BCUT2D eigenvalue weighted by atomic mass is 10.1. The molecule has 160 valence electrons. The minimum atomic E-state index is -0.439. The van der Waals surface area contributed by atoms with E-state index in [9.17, 15) is 4.79 Å². The first-order chi connectivity index (χ1) is 15.6. The van der Waals surface area contributed by atoms with Crippen LogP contribution in [-0.2, 0) is 6.61 Å². The van der Waals surface area contributed by atoms with Gasteiger partial charge in [0.1, 0.15) is 18.1 Å². The highest BCUT2D eigenvalue weighted by molar-refractivity contribution is 6.38. The Balaban J connectivity index is 1.36. The Morgan fingerprint density at radius 2 is 1.72 bits per heavy atom. The average molecular weight is 465 g/mol. The summed E-state index contributed by atoms with van der Waals surface area (Å²) in [6.45, 7) is 0.493. The monoisotopic (exact) mass is 464 g/mol. The maximum atomic E-state index is 12.3. The van der Waals surface area contributed by atoms with Gasteiger partial charge in [-0.05, 0) is 48.0 Å². The second-order valence-electron chi connectivity index (χ2n) is 6.80. The fraction of sp³-hybridized carbons (Fsp3) is 0.0417. The molecule has 0 fully saturated rings. The van der Waals surface area contributed by atoms with Crippen molar-refractivity contribution in [1.82, 2.24) is 15.6 Å². The Labute approximate surface area is 194 Å². The molecule has 0 unspecified atom stereocenters. The number of aromatic nitrogens is 2. The van der Waals surface area contributed by atoms with Crippen LogP contribution in [0.1, 0.15) is 21.6 Å². The fourth-order valence-electron chi connectivity index (χ4n) is 2.90. The van der Waals surface area contributed by atoms with Crippen LogP contribution in [0.15, 0.2) is 84.0 Å². The topological polar surface area (TPSA) is 79.4 Å². The molecule has 0 spiro atoms. The van der Waals surface area contributed by atoms with E-state index >= 15 is 0 Å². The number of amides is 1. The number of hydrazone groups is 1. The number of H-pyrrole nitrogens is 1. The number of halogens is 2. The molecule has 32 heavy (non-hydrogen) atoms. The zero-order valence-electron chi connectivity index (χ0n) is 16.8. The minimum absolute atomic E-state index is 0.270. The van der Waals surface area contributed by atoms with Crippen molar-refractivity contribution >= 4 is 35.3 Å². The number of ether oxygens (including phenoxy) is 1. The Bertz CT molecular complexity index is 1220. The molecule has 4 rings (SSSR count). The number of aromatic amines is 1. The maximum Gasteiger partial charge on any atom is 0.289 e. The summed E-state index contributed by atoms with van der Waals surface area (Å²) in [5.74, 6) is 0.310. The SMILES string of the molecule is O=C(N/N=C\c1c(Cl)cccc1Cl)c1cc(-c2ccc(OCc3ccccc3)cc2)n[nH]1. The molecule has 1 aromatic heterocycles. The Morgan fingerprint density at radius 1 is 1.00 bits per heavy atom. The summed E-state index contributed by atoms with van der Waals surface area (Å²) < 4.78 is 5.80. The highest BCUT2D eigenvalue weighted by Crippen LogP contribution is 2.23. The van der Waals surface area contributed by atoms with Gasteiger partial charge in [0.05, 0.1) is 22.0 Å². The maximum absolute atomic E-state index is 12.3. The van der Waals surface area contributed by atoms with E-state index < -0.39 is 5.91 Å². The van der Waals surface area contributed by atoms with Crippen LogP contribution >= 0.6 is 23.2 Å². The third kappa shape index (κ3) is 5.35. The summed E-state index contributed by atoms with van der Waals surface area (Å²) in [6, 6.07) is 24.2. The van der Waals surface area contributed by atoms with Crippen molar-refractivity contribution in [2.24, 2.45) is 5.10 Å². The summed E-state index contributed by atoms with van der Waals surface area (Å²) >= 11 is 12.2. The number of hydrogen-bond donors (Lipinski definition) is 2. The number of benzene rings is 3. The Kier molecular flexibility index (Phi) is 6.84. The molecular weight excluding hydrogens is 447 g/mol. The van der Waals surface area contributed by atoms with E-state index in [4.69, 9.17) is 27.9 Å². The molecule has 1 heterocycles. The van der Waals surface area contributed by atoms with Gasteiger partial charge in [-0.1, -0.05) is 59.6 Å². The third-order valence-corrected chi connectivity index (χ3v) is 5.24. The lowest BCUT2D eigenvalue weighted by Crippen LogP contribution is -2.18. The standard InChI is InChI=1S/C24H18Cl2N4O2/c25-20-7-4-8-21(26)19(20)14-27-30-24(31)23-13-22(28-29-23)17-9-11-18(12-10-17)32-15-16-5-2-1-3-6-16/h1-14H,15H2,(H,28,29)(H,30,31)/b27-14-. The van der Waals surface area contributed by atoms with Crippen LogP contribution in [0, 0.1) is 0 Å². The summed E-state index contributed by atoms with van der Waals surface area (Å²) in [5.41, 5.74) is 5.79. The summed E-state index contributed by atoms with van der Waals surface area (Å²) in [7, 11) is 0. The lowest BCUT2D eigenvalue weighted by molar-refractivity contribution is 0.0950. The van der Waals surface area contributed by atoms with Gasteiger partial charge in [0.2, 0.25) is 0 Å². The van der Waals surface area contributed by atoms with E-state index in [0.29, 0.717) is 27.9 Å². The highest BCUT2D eigenvalue weighted by atomic mass is 35.5. The van der Waals surface area contributed by atoms with Gasteiger partial charge in [-0.3, -0.25) is 9.89 Å². The summed E-state index contributed by atoms with van der Waals surface area (Å²) in [5, 5.41) is 11.7. The molecule has 3 aromatic carbocycles. The average Bonchev–Trinajstić information content (AvgIpc) is 3.31. The fourth-order valence-corrected chi connectivity index (χ4v) is 3.39. The molecule has 0 radical (unpaired) electrons. The molecule has 6 nitrogen and oxygen atoms in total. The van der Waals surface area contributed by atoms with Gasteiger partial charge in [-0.15, -0.1) is 0 Å². The van der Waals surface area contributed by atoms with Crippen molar-refractivity contribution in [3.05, 3.63) is 106 Å². The van der Waals surface area contributed by atoms with Gasteiger partial charge in [0.25, 0.3) is 5.91 Å². The number of hydrogen-bond acceptors (Lipinski definition) is 4. The van der Waals surface area contributed by atoms with E-state index in [-0.39, 0.29) is 5.69 Å². The van der Waals surface area contributed by atoms with Gasteiger partial charge in [-0.2, -0.15) is 10.2 Å². The molecule has 0 aliphatic heterocycles. The van der Waals surface area contributed by atoms with Crippen LogP contribution < -0.4 is 10.2 Å². The second-order valence-corrected chi connectivity index (χ2v) is 7.61.